The van der Waals surface area contributed by atoms with Crippen molar-refractivity contribution in [3.05, 3.63) is 89.5 Å². The molecule has 1 fully saturated rings. The molecule has 0 radical (unpaired) electrons. The van der Waals surface area contributed by atoms with Crippen molar-refractivity contribution in [3.8, 4) is 11.5 Å². The minimum absolute atomic E-state index is 0.000179. The fourth-order valence-corrected chi connectivity index (χ4v) is 3.92. The molecular weight excluding hydrogens is 400 g/mol. The number of nitrogens with zero attached hydrogens (tertiary/aromatic N) is 1. The average molecular weight is 429 g/mol. The van der Waals surface area contributed by atoms with Crippen LogP contribution in [0.4, 0.5) is 5.69 Å². The molecule has 164 valence electrons. The number of carbonyl (C=O) groups excluding carboxylic acids is 2. The number of aryl methyl sites for hydroxylation is 2. The minimum atomic E-state index is -0.0978. The third-order valence-corrected chi connectivity index (χ3v) is 5.91. The molecule has 3 aromatic carbocycles. The van der Waals surface area contributed by atoms with Gasteiger partial charge in [-0.1, -0.05) is 35.9 Å². The maximum Gasteiger partial charge on any atom is 0.254 e. The zero-order valence-corrected chi connectivity index (χ0v) is 18.5. The van der Waals surface area contributed by atoms with E-state index in [9.17, 15) is 9.59 Å². The fraction of sp³-hybridized carbons (Fsp3) is 0.259. The first-order valence-corrected chi connectivity index (χ1v) is 11.0. The maximum atomic E-state index is 12.8. The Bertz CT molecular complexity index is 1080. The van der Waals surface area contributed by atoms with E-state index >= 15 is 0 Å². The highest BCUT2D eigenvalue weighted by molar-refractivity contribution is 5.96. The van der Waals surface area contributed by atoms with Crippen LogP contribution >= 0.6 is 0 Å². The summed E-state index contributed by atoms with van der Waals surface area (Å²) < 4.78 is 5.84. The van der Waals surface area contributed by atoms with Gasteiger partial charge in [-0.3, -0.25) is 9.59 Å². The van der Waals surface area contributed by atoms with Crippen molar-refractivity contribution in [1.29, 1.82) is 0 Å². The number of benzene rings is 3. The SMILES string of the molecule is Cc1ccc(Oc2ccc(NC(=O)C3CCN(C(=O)c4ccccc4C)CC3)cc2)cc1. The van der Waals surface area contributed by atoms with Crippen LogP contribution in [-0.2, 0) is 4.79 Å². The third-order valence-electron chi connectivity index (χ3n) is 5.91. The Labute approximate surface area is 189 Å². The summed E-state index contributed by atoms with van der Waals surface area (Å²) in [6.45, 7) is 5.17. The molecule has 0 unspecified atom stereocenters. The summed E-state index contributed by atoms with van der Waals surface area (Å²) in [4.78, 5) is 27.4. The zero-order chi connectivity index (χ0) is 22.5. The predicted molar refractivity (Wildman–Crippen MR) is 126 cm³/mol. The Morgan fingerprint density at radius 2 is 1.44 bits per heavy atom. The Balaban J connectivity index is 1.29. The van der Waals surface area contributed by atoms with Crippen molar-refractivity contribution < 1.29 is 14.3 Å². The van der Waals surface area contributed by atoms with Crippen LogP contribution < -0.4 is 10.1 Å². The number of nitrogens with one attached hydrogen (secondary N) is 1. The van der Waals surface area contributed by atoms with Crippen molar-refractivity contribution in [1.82, 2.24) is 4.90 Å². The van der Waals surface area contributed by atoms with Crippen LogP contribution in [0.25, 0.3) is 0 Å². The van der Waals surface area contributed by atoms with E-state index in [1.165, 1.54) is 5.56 Å². The molecule has 0 atom stereocenters. The Hall–Kier alpha value is -3.60. The molecule has 1 heterocycles. The van der Waals surface area contributed by atoms with Crippen LogP contribution in [0.2, 0.25) is 0 Å². The summed E-state index contributed by atoms with van der Waals surface area (Å²) in [6.07, 6.45) is 1.33. The molecule has 0 spiro atoms. The molecule has 0 aromatic heterocycles. The number of anilines is 1. The second-order valence-electron chi connectivity index (χ2n) is 8.31. The summed E-state index contributed by atoms with van der Waals surface area (Å²) in [5.41, 5.74) is 3.64. The smallest absolute Gasteiger partial charge is 0.254 e. The fourth-order valence-electron chi connectivity index (χ4n) is 3.92. The van der Waals surface area contributed by atoms with Gasteiger partial charge in [-0.2, -0.15) is 0 Å². The summed E-state index contributed by atoms with van der Waals surface area (Å²) >= 11 is 0. The molecule has 4 rings (SSSR count). The first-order chi connectivity index (χ1) is 15.5. The molecule has 2 amide bonds. The largest absolute Gasteiger partial charge is 0.457 e. The van der Waals surface area contributed by atoms with Gasteiger partial charge in [-0.15, -0.1) is 0 Å². The molecule has 0 bridgehead atoms. The van der Waals surface area contributed by atoms with Crippen molar-refractivity contribution in [2.45, 2.75) is 26.7 Å². The first-order valence-electron chi connectivity index (χ1n) is 11.0. The molecule has 32 heavy (non-hydrogen) atoms. The molecule has 1 aliphatic heterocycles. The monoisotopic (exact) mass is 428 g/mol. The van der Waals surface area contributed by atoms with E-state index in [1.54, 1.807) is 0 Å². The number of likely N-dealkylation sites (tertiary alicyclic amines) is 1. The van der Waals surface area contributed by atoms with Gasteiger partial charge >= 0.3 is 0 Å². The van der Waals surface area contributed by atoms with Crippen molar-refractivity contribution in [2.24, 2.45) is 5.92 Å². The van der Waals surface area contributed by atoms with Gasteiger partial charge in [0, 0.05) is 30.3 Å². The van der Waals surface area contributed by atoms with Crippen LogP contribution in [0, 0.1) is 19.8 Å². The molecule has 0 aliphatic carbocycles. The zero-order valence-electron chi connectivity index (χ0n) is 18.5. The molecule has 1 aliphatic rings. The van der Waals surface area contributed by atoms with E-state index in [-0.39, 0.29) is 17.7 Å². The van der Waals surface area contributed by atoms with Gasteiger partial charge in [0.05, 0.1) is 0 Å². The van der Waals surface area contributed by atoms with E-state index < -0.39 is 0 Å². The van der Waals surface area contributed by atoms with E-state index in [1.807, 2.05) is 91.5 Å². The number of piperidine rings is 1. The van der Waals surface area contributed by atoms with E-state index in [2.05, 4.69) is 5.32 Å². The number of amides is 2. The quantitative estimate of drug-likeness (QED) is 0.577. The lowest BCUT2D eigenvalue weighted by Crippen LogP contribution is -2.41. The Morgan fingerprint density at radius 1 is 0.844 bits per heavy atom. The molecule has 5 nitrogen and oxygen atoms in total. The van der Waals surface area contributed by atoms with Gasteiger partial charge in [0.1, 0.15) is 11.5 Å². The van der Waals surface area contributed by atoms with Gasteiger partial charge in [-0.05, 0) is 74.7 Å². The lowest BCUT2D eigenvalue weighted by atomic mass is 9.95. The lowest BCUT2D eigenvalue weighted by molar-refractivity contribution is -0.121. The van der Waals surface area contributed by atoms with Gasteiger partial charge in [0.15, 0.2) is 0 Å². The standard InChI is InChI=1S/C27H28N2O3/c1-19-7-11-23(12-8-19)32-24-13-9-22(10-14-24)28-26(30)21-15-17-29(18-16-21)27(31)25-6-4-3-5-20(25)2/h3-14,21H,15-18H2,1-2H3,(H,28,30). The highest BCUT2D eigenvalue weighted by Crippen LogP contribution is 2.25. The summed E-state index contributed by atoms with van der Waals surface area (Å²) in [5, 5.41) is 3.00. The molecule has 1 saturated heterocycles. The number of ether oxygens (including phenoxy) is 1. The Kier molecular flexibility index (Phi) is 6.55. The maximum absolute atomic E-state index is 12.8. The highest BCUT2D eigenvalue weighted by atomic mass is 16.5. The molecule has 0 saturated carbocycles. The number of carbonyl (C=O) groups is 2. The van der Waals surface area contributed by atoms with Crippen molar-refractivity contribution >= 4 is 17.5 Å². The minimum Gasteiger partial charge on any atom is -0.457 e. The molecule has 1 N–H and O–H groups in total. The number of hydrogen-bond acceptors (Lipinski definition) is 3. The third kappa shape index (κ3) is 5.17. The van der Waals surface area contributed by atoms with Gasteiger partial charge in [-0.25, -0.2) is 0 Å². The number of rotatable bonds is 5. The second kappa shape index (κ2) is 9.69. The lowest BCUT2D eigenvalue weighted by Gasteiger charge is -2.31. The van der Waals surface area contributed by atoms with Gasteiger partial charge in [0.25, 0.3) is 5.91 Å². The van der Waals surface area contributed by atoms with Crippen LogP contribution in [0.15, 0.2) is 72.8 Å². The van der Waals surface area contributed by atoms with Gasteiger partial charge < -0.3 is 15.0 Å². The topological polar surface area (TPSA) is 58.6 Å². The summed E-state index contributed by atoms with van der Waals surface area (Å²) in [7, 11) is 0. The van der Waals surface area contributed by atoms with E-state index in [4.69, 9.17) is 4.74 Å². The summed E-state index contributed by atoms with van der Waals surface area (Å²) in [6, 6.07) is 22.9. The van der Waals surface area contributed by atoms with Crippen LogP contribution in [0.3, 0.4) is 0 Å². The first kappa shape index (κ1) is 21.6. The molecule has 3 aromatic rings. The van der Waals surface area contributed by atoms with Crippen LogP contribution in [0.1, 0.15) is 34.3 Å². The van der Waals surface area contributed by atoms with Crippen LogP contribution in [-0.4, -0.2) is 29.8 Å². The second-order valence-corrected chi connectivity index (χ2v) is 8.31. The van der Waals surface area contributed by atoms with Crippen LogP contribution in [0.5, 0.6) is 11.5 Å². The van der Waals surface area contributed by atoms with Gasteiger partial charge in [0.2, 0.25) is 5.91 Å². The van der Waals surface area contributed by atoms with E-state index in [0.29, 0.717) is 25.9 Å². The molecule has 5 heteroatoms. The van der Waals surface area contributed by atoms with Crippen molar-refractivity contribution in [2.75, 3.05) is 18.4 Å². The highest BCUT2D eigenvalue weighted by Gasteiger charge is 2.28. The van der Waals surface area contributed by atoms with Crippen molar-refractivity contribution in [3.63, 3.8) is 0 Å². The number of hydrogen-bond donors (Lipinski definition) is 1. The Morgan fingerprint density at radius 3 is 2.06 bits per heavy atom. The molecular formula is C27H28N2O3. The average Bonchev–Trinajstić information content (AvgIpc) is 2.82. The normalized spacial score (nSPS) is 14.1. The predicted octanol–water partition coefficient (Wildman–Crippen LogP) is 5.59. The summed E-state index contributed by atoms with van der Waals surface area (Å²) in [5.74, 6) is 1.44. The van der Waals surface area contributed by atoms with E-state index in [0.717, 1.165) is 28.3 Å².